The summed E-state index contributed by atoms with van der Waals surface area (Å²) in [5, 5.41) is 6.58. The highest BCUT2D eigenvalue weighted by Crippen LogP contribution is 2.46. The van der Waals surface area contributed by atoms with Crippen LogP contribution in [0.1, 0.15) is 60.8 Å². The maximum Gasteiger partial charge on any atom is 0.254 e. The van der Waals surface area contributed by atoms with Crippen LogP contribution in [0.2, 0.25) is 0 Å². The van der Waals surface area contributed by atoms with Gasteiger partial charge in [0.2, 0.25) is 0 Å². The van der Waals surface area contributed by atoms with Gasteiger partial charge in [-0.3, -0.25) is 9.59 Å². The standard InChI is InChI=1S/C34H36N2O4/c1-6-22-11-13-23(14-12-22)32-31(34(38)36-26-10-8-7-9-20(26)2)21(3)35-27-17-25(18-28(37)33(27)32)24-15-16-29(39-4)30(19-24)40-5/h7-16,19,25,32,35H,6,17-18H2,1-5H3,(H,36,38)/t25-,32+/m0/s1. The van der Waals surface area contributed by atoms with E-state index in [0.29, 0.717) is 35.5 Å². The lowest BCUT2D eigenvalue weighted by atomic mass is 9.71. The normalized spacial score (nSPS) is 18.7. The van der Waals surface area contributed by atoms with E-state index in [1.807, 2.05) is 56.3 Å². The molecule has 3 aromatic carbocycles. The lowest BCUT2D eigenvalue weighted by molar-refractivity contribution is -0.116. The second-order valence-corrected chi connectivity index (χ2v) is 10.5. The molecule has 0 radical (unpaired) electrons. The minimum absolute atomic E-state index is 0.0168. The van der Waals surface area contributed by atoms with Crippen molar-refractivity contribution in [3.8, 4) is 11.5 Å². The number of hydrogen-bond acceptors (Lipinski definition) is 5. The van der Waals surface area contributed by atoms with Gasteiger partial charge in [0.25, 0.3) is 5.91 Å². The molecule has 2 atom stereocenters. The Balaban J connectivity index is 1.55. The summed E-state index contributed by atoms with van der Waals surface area (Å²) in [5.74, 6) is 0.672. The van der Waals surface area contributed by atoms with E-state index in [1.165, 1.54) is 5.56 Å². The molecule has 0 bridgehead atoms. The third kappa shape index (κ3) is 5.14. The zero-order valence-corrected chi connectivity index (χ0v) is 23.8. The van der Waals surface area contributed by atoms with Crippen molar-refractivity contribution in [2.75, 3.05) is 19.5 Å². The molecule has 6 heteroatoms. The van der Waals surface area contributed by atoms with Crippen LogP contribution in [0.4, 0.5) is 5.69 Å². The number of allylic oxidation sites excluding steroid dienone is 3. The number of carbonyl (C=O) groups excluding carboxylic acids is 2. The predicted molar refractivity (Wildman–Crippen MR) is 158 cm³/mol. The summed E-state index contributed by atoms with van der Waals surface area (Å²) in [5.41, 5.74) is 7.81. The monoisotopic (exact) mass is 536 g/mol. The minimum Gasteiger partial charge on any atom is -0.493 e. The van der Waals surface area contributed by atoms with Gasteiger partial charge < -0.3 is 20.1 Å². The molecule has 5 rings (SSSR count). The number of ketones is 1. The number of Topliss-reactive ketones (excluding diaryl/α,β-unsaturated/α-hetero) is 1. The fourth-order valence-corrected chi connectivity index (χ4v) is 5.86. The highest BCUT2D eigenvalue weighted by molar-refractivity contribution is 6.10. The Morgan fingerprint density at radius 2 is 1.62 bits per heavy atom. The number of anilines is 1. The van der Waals surface area contributed by atoms with Gasteiger partial charge in [0.05, 0.1) is 14.2 Å². The van der Waals surface area contributed by atoms with Gasteiger partial charge in [0.1, 0.15) is 0 Å². The van der Waals surface area contributed by atoms with Gasteiger partial charge in [0, 0.05) is 40.6 Å². The van der Waals surface area contributed by atoms with E-state index in [0.717, 1.165) is 40.2 Å². The van der Waals surface area contributed by atoms with Crippen LogP contribution in [-0.2, 0) is 16.0 Å². The largest absolute Gasteiger partial charge is 0.493 e. The Morgan fingerprint density at radius 1 is 0.925 bits per heavy atom. The summed E-state index contributed by atoms with van der Waals surface area (Å²) in [4.78, 5) is 27.8. The van der Waals surface area contributed by atoms with Crippen LogP contribution in [0.3, 0.4) is 0 Å². The van der Waals surface area contributed by atoms with Gasteiger partial charge in [0.15, 0.2) is 17.3 Å². The van der Waals surface area contributed by atoms with Crippen molar-refractivity contribution in [1.29, 1.82) is 0 Å². The number of ether oxygens (including phenoxy) is 2. The molecule has 0 unspecified atom stereocenters. The molecule has 2 N–H and O–H groups in total. The van der Waals surface area contributed by atoms with Crippen LogP contribution in [-0.4, -0.2) is 25.9 Å². The van der Waals surface area contributed by atoms with Crippen molar-refractivity contribution in [3.05, 3.63) is 112 Å². The fourth-order valence-electron chi connectivity index (χ4n) is 5.86. The number of benzene rings is 3. The molecule has 1 aliphatic carbocycles. The number of hydrogen-bond donors (Lipinski definition) is 2. The van der Waals surface area contributed by atoms with Crippen LogP contribution in [0.25, 0.3) is 0 Å². The molecule has 0 fully saturated rings. The molecule has 0 saturated heterocycles. The second kappa shape index (κ2) is 11.4. The molecular formula is C34H36N2O4. The van der Waals surface area contributed by atoms with Gasteiger partial charge in [-0.15, -0.1) is 0 Å². The number of aryl methyl sites for hydroxylation is 2. The summed E-state index contributed by atoms with van der Waals surface area (Å²) < 4.78 is 10.9. The molecule has 6 nitrogen and oxygen atoms in total. The Morgan fingerprint density at radius 3 is 2.30 bits per heavy atom. The van der Waals surface area contributed by atoms with E-state index in [9.17, 15) is 9.59 Å². The van der Waals surface area contributed by atoms with E-state index < -0.39 is 5.92 Å². The maximum atomic E-state index is 14.0. The predicted octanol–water partition coefficient (Wildman–Crippen LogP) is 6.57. The summed E-state index contributed by atoms with van der Waals surface area (Å²) in [6.07, 6.45) is 1.93. The van der Waals surface area contributed by atoms with E-state index in [4.69, 9.17) is 9.47 Å². The second-order valence-electron chi connectivity index (χ2n) is 10.5. The summed E-state index contributed by atoms with van der Waals surface area (Å²) in [6, 6.07) is 21.8. The summed E-state index contributed by atoms with van der Waals surface area (Å²) in [7, 11) is 3.23. The highest BCUT2D eigenvalue weighted by Gasteiger charge is 2.41. The number of dihydropyridines is 1. The van der Waals surface area contributed by atoms with Crippen LogP contribution >= 0.6 is 0 Å². The minimum atomic E-state index is -0.454. The molecule has 0 saturated carbocycles. The fraction of sp³-hybridized carbons (Fsp3) is 0.294. The molecule has 40 heavy (non-hydrogen) atoms. The average Bonchev–Trinajstić information content (AvgIpc) is 2.97. The number of methoxy groups -OCH3 is 2. The highest BCUT2D eigenvalue weighted by atomic mass is 16.5. The number of rotatable bonds is 7. The molecular weight excluding hydrogens is 500 g/mol. The van der Waals surface area contributed by atoms with Crippen molar-refractivity contribution >= 4 is 17.4 Å². The van der Waals surface area contributed by atoms with E-state index in [-0.39, 0.29) is 17.6 Å². The third-order valence-corrected chi connectivity index (χ3v) is 8.07. The molecule has 0 spiro atoms. The molecule has 1 heterocycles. The average molecular weight is 537 g/mol. The molecule has 206 valence electrons. The Kier molecular flexibility index (Phi) is 7.78. The Bertz CT molecular complexity index is 1520. The van der Waals surface area contributed by atoms with Crippen LogP contribution < -0.4 is 20.1 Å². The van der Waals surface area contributed by atoms with Crippen molar-refractivity contribution in [2.24, 2.45) is 0 Å². The molecule has 1 amide bonds. The smallest absolute Gasteiger partial charge is 0.254 e. The van der Waals surface area contributed by atoms with Crippen molar-refractivity contribution in [2.45, 2.75) is 51.9 Å². The molecule has 1 aliphatic heterocycles. The van der Waals surface area contributed by atoms with Crippen LogP contribution in [0.15, 0.2) is 89.3 Å². The van der Waals surface area contributed by atoms with E-state index >= 15 is 0 Å². The first-order valence-corrected chi connectivity index (χ1v) is 13.8. The first-order chi connectivity index (χ1) is 19.3. The third-order valence-electron chi connectivity index (χ3n) is 8.07. The molecule has 0 aromatic heterocycles. The number of nitrogens with one attached hydrogen (secondary N) is 2. The molecule has 2 aliphatic rings. The zero-order chi connectivity index (χ0) is 28.4. The van der Waals surface area contributed by atoms with Gasteiger partial charge in [-0.05, 0) is 73.1 Å². The van der Waals surface area contributed by atoms with Gasteiger partial charge in [-0.2, -0.15) is 0 Å². The number of para-hydroxylation sites is 1. The van der Waals surface area contributed by atoms with E-state index in [1.54, 1.807) is 14.2 Å². The number of amides is 1. The molecule has 3 aromatic rings. The van der Waals surface area contributed by atoms with Crippen LogP contribution in [0.5, 0.6) is 11.5 Å². The SMILES string of the molecule is CCc1ccc([C@@H]2C(C(=O)Nc3ccccc3C)=C(C)NC3=C2C(=O)C[C@@H](c2ccc(OC)c(OC)c2)C3)cc1. The Labute approximate surface area is 236 Å². The van der Waals surface area contributed by atoms with E-state index in [2.05, 4.69) is 41.8 Å². The topological polar surface area (TPSA) is 76.7 Å². The van der Waals surface area contributed by atoms with Gasteiger partial charge in [-0.25, -0.2) is 0 Å². The van der Waals surface area contributed by atoms with Crippen molar-refractivity contribution in [1.82, 2.24) is 5.32 Å². The lowest BCUT2D eigenvalue weighted by Crippen LogP contribution is -2.37. The van der Waals surface area contributed by atoms with Gasteiger partial charge >= 0.3 is 0 Å². The first-order valence-electron chi connectivity index (χ1n) is 13.8. The van der Waals surface area contributed by atoms with Crippen LogP contribution in [0, 0.1) is 6.92 Å². The first kappa shape index (κ1) is 27.3. The Hall–Kier alpha value is -4.32. The zero-order valence-electron chi connectivity index (χ0n) is 23.8. The van der Waals surface area contributed by atoms with Gasteiger partial charge in [-0.1, -0.05) is 55.5 Å². The van der Waals surface area contributed by atoms with Crippen molar-refractivity contribution < 1.29 is 19.1 Å². The quantitative estimate of drug-likeness (QED) is 0.357. The maximum absolute atomic E-state index is 14.0. The lowest BCUT2D eigenvalue weighted by Gasteiger charge is -2.37. The van der Waals surface area contributed by atoms with Crippen molar-refractivity contribution in [3.63, 3.8) is 0 Å². The summed E-state index contributed by atoms with van der Waals surface area (Å²) >= 11 is 0. The summed E-state index contributed by atoms with van der Waals surface area (Å²) in [6.45, 7) is 6.01. The number of carbonyl (C=O) groups is 2.